The molecule has 3 unspecified atom stereocenters. The molecule has 1 N–H and O–H groups in total. The second kappa shape index (κ2) is 5.39. The summed E-state index contributed by atoms with van der Waals surface area (Å²) in [7, 11) is 0. The molecule has 1 fully saturated rings. The van der Waals surface area contributed by atoms with Crippen LogP contribution in [0.3, 0.4) is 0 Å². The highest BCUT2D eigenvalue weighted by Gasteiger charge is 2.48. The Bertz CT molecular complexity index is 404. The van der Waals surface area contributed by atoms with Crippen molar-refractivity contribution in [3.63, 3.8) is 0 Å². The zero-order valence-corrected chi connectivity index (χ0v) is 11.2. The monoisotopic (exact) mass is 298 g/mol. The Morgan fingerprint density at radius 3 is 2.56 bits per heavy atom. The van der Waals surface area contributed by atoms with Crippen molar-refractivity contribution in [1.82, 2.24) is 0 Å². The van der Waals surface area contributed by atoms with Crippen molar-refractivity contribution in [3.05, 3.63) is 21.3 Å². The molecule has 0 saturated heterocycles. The molecule has 1 saturated carbocycles. The summed E-state index contributed by atoms with van der Waals surface area (Å²) in [5, 5.41) is 12.2. The summed E-state index contributed by atoms with van der Waals surface area (Å²) in [5.41, 5.74) is 0. The van der Waals surface area contributed by atoms with Crippen molar-refractivity contribution in [1.29, 1.82) is 0 Å². The second-order valence-corrected chi connectivity index (χ2v) is 6.03. The van der Waals surface area contributed by atoms with Crippen LogP contribution in [-0.2, 0) is 0 Å². The van der Waals surface area contributed by atoms with E-state index in [1.807, 2.05) is 0 Å². The van der Waals surface area contributed by atoms with Crippen LogP contribution in [0.15, 0.2) is 11.4 Å². The molecular weight excluding hydrogens is 285 g/mol. The maximum atomic E-state index is 13.0. The summed E-state index contributed by atoms with van der Waals surface area (Å²) in [4.78, 5) is 0.456. The number of aliphatic hydroxyl groups is 1. The minimum Gasteiger partial charge on any atom is -0.387 e. The molecule has 0 aliphatic heterocycles. The van der Waals surface area contributed by atoms with E-state index in [-0.39, 0.29) is 6.42 Å². The lowest BCUT2D eigenvalue weighted by Crippen LogP contribution is -2.36. The van der Waals surface area contributed by atoms with Crippen LogP contribution in [0.1, 0.15) is 36.7 Å². The maximum Gasteiger partial charge on any atom is 0.392 e. The first-order valence-corrected chi connectivity index (χ1v) is 7.14. The van der Waals surface area contributed by atoms with E-state index >= 15 is 0 Å². The van der Waals surface area contributed by atoms with Crippen molar-refractivity contribution >= 4 is 22.9 Å². The zero-order chi connectivity index (χ0) is 13.3. The molecule has 2 rings (SSSR count). The van der Waals surface area contributed by atoms with Gasteiger partial charge in [-0.15, -0.1) is 11.3 Å². The molecule has 102 valence electrons. The van der Waals surface area contributed by atoms with Crippen LogP contribution in [0, 0.1) is 11.8 Å². The molecule has 6 heteroatoms. The molecular formula is C12H14ClF3OS. The van der Waals surface area contributed by atoms with E-state index in [4.69, 9.17) is 11.6 Å². The molecule has 0 amide bonds. The minimum atomic E-state index is -4.24. The minimum absolute atomic E-state index is 0.105. The van der Waals surface area contributed by atoms with E-state index in [0.29, 0.717) is 22.7 Å². The smallest absolute Gasteiger partial charge is 0.387 e. The predicted octanol–water partition coefficient (Wildman–Crippen LogP) is 4.80. The molecule has 1 aliphatic rings. The van der Waals surface area contributed by atoms with Gasteiger partial charge in [0, 0.05) is 5.92 Å². The summed E-state index contributed by atoms with van der Waals surface area (Å²) < 4.78 is 38.9. The molecule has 18 heavy (non-hydrogen) atoms. The molecule has 0 spiro atoms. The fourth-order valence-corrected chi connectivity index (χ4v) is 3.88. The van der Waals surface area contributed by atoms with Gasteiger partial charge in [0.15, 0.2) is 0 Å². The van der Waals surface area contributed by atoms with E-state index < -0.39 is 24.1 Å². The van der Waals surface area contributed by atoms with Gasteiger partial charge in [-0.2, -0.15) is 13.2 Å². The summed E-state index contributed by atoms with van der Waals surface area (Å²) in [5.74, 6) is -2.19. The third-order valence-corrected chi connectivity index (χ3v) is 4.99. The SMILES string of the molecule is OC(c1sccc1Cl)C1CCCCC1C(F)(F)F. The lowest BCUT2D eigenvalue weighted by Gasteiger charge is -2.35. The van der Waals surface area contributed by atoms with Gasteiger partial charge in [-0.25, -0.2) is 0 Å². The fourth-order valence-electron chi connectivity index (χ4n) is 2.65. The van der Waals surface area contributed by atoms with Gasteiger partial charge < -0.3 is 5.11 Å². The Kier molecular flexibility index (Phi) is 4.24. The van der Waals surface area contributed by atoms with Crippen LogP contribution in [0.5, 0.6) is 0 Å². The molecule has 1 aliphatic carbocycles. The van der Waals surface area contributed by atoms with Gasteiger partial charge in [0.1, 0.15) is 0 Å². The first kappa shape index (κ1) is 14.2. The van der Waals surface area contributed by atoms with Gasteiger partial charge in [-0.3, -0.25) is 0 Å². The van der Waals surface area contributed by atoms with E-state index in [1.165, 1.54) is 11.3 Å². The first-order chi connectivity index (χ1) is 8.41. The third-order valence-electron chi connectivity index (χ3n) is 3.56. The molecule has 1 aromatic heterocycles. The van der Waals surface area contributed by atoms with Crippen LogP contribution in [0.25, 0.3) is 0 Å². The van der Waals surface area contributed by atoms with Crippen molar-refractivity contribution in [2.75, 3.05) is 0 Å². The number of hydrogen-bond donors (Lipinski definition) is 1. The Morgan fingerprint density at radius 2 is 2.00 bits per heavy atom. The van der Waals surface area contributed by atoms with Crippen LogP contribution in [-0.4, -0.2) is 11.3 Å². The van der Waals surface area contributed by atoms with Crippen molar-refractivity contribution in [2.24, 2.45) is 11.8 Å². The topological polar surface area (TPSA) is 20.2 Å². The van der Waals surface area contributed by atoms with Crippen molar-refractivity contribution in [3.8, 4) is 0 Å². The van der Waals surface area contributed by atoms with Gasteiger partial charge in [0.25, 0.3) is 0 Å². The number of halogens is 4. The third kappa shape index (κ3) is 2.83. The van der Waals surface area contributed by atoms with Gasteiger partial charge in [-0.1, -0.05) is 24.4 Å². The van der Waals surface area contributed by atoms with E-state index in [1.54, 1.807) is 11.4 Å². The van der Waals surface area contributed by atoms with Gasteiger partial charge in [0.05, 0.1) is 21.9 Å². The number of rotatable bonds is 2. The zero-order valence-electron chi connectivity index (χ0n) is 9.58. The van der Waals surface area contributed by atoms with E-state index in [9.17, 15) is 18.3 Å². The molecule has 0 radical (unpaired) electrons. The molecule has 3 atom stereocenters. The van der Waals surface area contributed by atoms with Crippen LogP contribution >= 0.6 is 22.9 Å². The van der Waals surface area contributed by atoms with Gasteiger partial charge in [0.2, 0.25) is 0 Å². The normalized spacial score (nSPS) is 27.2. The highest BCUT2D eigenvalue weighted by Crippen LogP contribution is 2.48. The lowest BCUT2D eigenvalue weighted by molar-refractivity contribution is -0.207. The molecule has 1 nitrogen and oxygen atoms in total. The number of thiophene rings is 1. The molecule has 1 aromatic rings. The number of hydrogen-bond acceptors (Lipinski definition) is 2. The Morgan fingerprint density at radius 1 is 1.33 bits per heavy atom. The average Bonchev–Trinajstić information content (AvgIpc) is 2.73. The van der Waals surface area contributed by atoms with Gasteiger partial charge >= 0.3 is 6.18 Å². The highest BCUT2D eigenvalue weighted by atomic mass is 35.5. The maximum absolute atomic E-state index is 13.0. The molecule has 1 heterocycles. The summed E-state index contributed by atoms with van der Waals surface area (Å²) in [6.45, 7) is 0. The molecule has 0 bridgehead atoms. The van der Waals surface area contributed by atoms with E-state index in [0.717, 1.165) is 6.42 Å². The van der Waals surface area contributed by atoms with E-state index in [2.05, 4.69) is 0 Å². The standard InChI is InChI=1S/C12H14ClF3OS/c13-9-5-6-18-11(9)10(17)7-3-1-2-4-8(7)12(14,15)16/h5-8,10,17H,1-4H2. The van der Waals surface area contributed by atoms with Crippen LogP contribution in [0.2, 0.25) is 5.02 Å². The fraction of sp³-hybridized carbons (Fsp3) is 0.667. The average molecular weight is 299 g/mol. The number of alkyl halides is 3. The first-order valence-electron chi connectivity index (χ1n) is 5.89. The van der Waals surface area contributed by atoms with Crippen LogP contribution in [0.4, 0.5) is 13.2 Å². The second-order valence-electron chi connectivity index (χ2n) is 4.67. The Balaban J connectivity index is 2.22. The van der Waals surface area contributed by atoms with Crippen molar-refractivity contribution < 1.29 is 18.3 Å². The largest absolute Gasteiger partial charge is 0.392 e. The number of aliphatic hydroxyl groups excluding tert-OH is 1. The highest BCUT2D eigenvalue weighted by molar-refractivity contribution is 7.10. The summed E-state index contributed by atoms with van der Waals surface area (Å²) in [6.07, 6.45) is -3.53. The Hall–Kier alpha value is -0.260. The van der Waals surface area contributed by atoms with Crippen LogP contribution < -0.4 is 0 Å². The summed E-state index contributed by atoms with van der Waals surface area (Å²) in [6, 6.07) is 1.61. The summed E-state index contributed by atoms with van der Waals surface area (Å²) >= 11 is 7.10. The quantitative estimate of drug-likeness (QED) is 0.831. The predicted molar refractivity (Wildman–Crippen MR) is 65.8 cm³/mol. The Labute approximate surface area is 113 Å². The van der Waals surface area contributed by atoms with Gasteiger partial charge in [-0.05, 0) is 24.3 Å². The van der Waals surface area contributed by atoms with Crippen molar-refractivity contribution in [2.45, 2.75) is 38.0 Å². The lowest BCUT2D eigenvalue weighted by atomic mass is 9.75. The molecule has 0 aromatic carbocycles.